The van der Waals surface area contributed by atoms with Crippen molar-refractivity contribution in [1.82, 2.24) is 0 Å². The van der Waals surface area contributed by atoms with Gasteiger partial charge in [-0.05, 0) is 45.4 Å². The Morgan fingerprint density at radius 1 is 1.44 bits per heavy atom. The highest BCUT2D eigenvalue weighted by atomic mass is 35.5. The average Bonchev–Trinajstić information content (AvgIpc) is 2.24. The number of hydrogen-bond donors (Lipinski definition) is 2. The van der Waals surface area contributed by atoms with Crippen LogP contribution in [0, 0.1) is 0 Å². The quantitative estimate of drug-likeness (QED) is 0.865. The molecule has 1 atom stereocenters. The molecule has 0 saturated heterocycles. The average molecular weight is 271 g/mol. The number of anilines is 1. The summed E-state index contributed by atoms with van der Waals surface area (Å²) in [5.41, 5.74) is 7.03. The van der Waals surface area contributed by atoms with E-state index in [4.69, 9.17) is 17.3 Å². The van der Waals surface area contributed by atoms with Gasteiger partial charge in [0.05, 0.1) is 16.3 Å². The van der Waals surface area contributed by atoms with E-state index in [1.807, 2.05) is 32.0 Å². The van der Waals surface area contributed by atoms with E-state index in [9.17, 15) is 5.11 Å². The third kappa shape index (κ3) is 4.16. The van der Waals surface area contributed by atoms with E-state index in [-0.39, 0.29) is 6.04 Å². The Balaban J connectivity index is 3.00. The van der Waals surface area contributed by atoms with Gasteiger partial charge in [0.15, 0.2) is 0 Å². The second-order valence-corrected chi connectivity index (χ2v) is 5.73. The van der Waals surface area contributed by atoms with Gasteiger partial charge in [-0.2, -0.15) is 0 Å². The minimum atomic E-state index is -0.751. The van der Waals surface area contributed by atoms with Crippen LogP contribution in [0.15, 0.2) is 18.2 Å². The molecule has 0 aromatic heterocycles. The van der Waals surface area contributed by atoms with Crippen LogP contribution in [0.5, 0.6) is 0 Å². The molecule has 1 rings (SSSR count). The van der Waals surface area contributed by atoms with Gasteiger partial charge < -0.3 is 15.7 Å². The molecule has 0 fully saturated rings. The Kier molecular flexibility index (Phi) is 5.02. The number of aliphatic hydroxyl groups is 1. The summed E-state index contributed by atoms with van der Waals surface area (Å²) in [4.78, 5) is 2.06. The summed E-state index contributed by atoms with van der Waals surface area (Å²) in [6, 6.07) is 5.82. The smallest absolute Gasteiger partial charge is 0.0765 e. The highest BCUT2D eigenvalue weighted by Crippen LogP contribution is 2.29. The molecule has 102 valence electrons. The van der Waals surface area contributed by atoms with Crippen LogP contribution in [0.25, 0.3) is 0 Å². The van der Waals surface area contributed by atoms with Gasteiger partial charge in [-0.15, -0.1) is 0 Å². The van der Waals surface area contributed by atoms with Crippen LogP contribution in [0.3, 0.4) is 0 Å². The molecule has 0 unspecified atom stereocenters. The van der Waals surface area contributed by atoms with Crippen LogP contribution in [0.1, 0.15) is 39.3 Å². The molecule has 3 N–H and O–H groups in total. The predicted octanol–water partition coefficient (Wildman–Crippen LogP) is 2.96. The normalized spacial score (nSPS) is 13.5. The third-order valence-electron chi connectivity index (χ3n) is 2.80. The van der Waals surface area contributed by atoms with Crippen LogP contribution in [0.4, 0.5) is 5.69 Å². The van der Waals surface area contributed by atoms with Gasteiger partial charge in [0.25, 0.3) is 0 Å². The summed E-state index contributed by atoms with van der Waals surface area (Å²) in [5, 5.41) is 10.6. The van der Waals surface area contributed by atoms with Crippen molar-refractivity contribution in [3.05, 3.63) is 28.8 Å². The molecule has 0 aliphatic carbocycles. The fourth-order valence-electron chi connectivity index (χ4n) is 1.90. The Hall–Kier alpha value is -0.770. The van der Waals surface area contributed by atoms with Gasteiger partial charge in [-0.25, -0.2) is 0 Å². The molecular weight excluding hydrogens is 248 g/mol. The molecule has 0 saturated carbocycles. The predicted molar refractivity (Wildman–Crippen MR) is 78.2 cm³/mol. The lowest BCUT2D eigenvalue weighted by atomic mass is 10.1. The molecule has 0 aliphatic rings. The SMILES string of the molecule is CCN(CC(C)(C)O)c1ccc([C@@H](C)N)cc1Cl. The maximum absolute atomic E-state index is 9.91. The van der Waals surface area contributed by atoms with E-state index in [1.165, 1.54) is 0 Å². The lowest BCUT2D eigenvalue weighted by Crippen LogP contribution is -2.38. The summed E-state index contributed by atoms with van der Waals surface area (Å²) in [7, 11) is 0. The van der Waals surface area contributed by atoms with Crippen molar-refractivity contribution in [1.29, 1.82) is 0 Å². The topological polar surface area (TPSA) is 49.5 Å². The highest BCUT2D eigenvalue weighted by Gasteiger charge is 2.19. The Bertz CT molecular complexity index is 399. The number of nitrogens with two attached hydrogens (primary N) is 1. The van der Waals surface area contributed by atoms with Gasteiger partial charge in [0.1, 0.15) is 0 Å². The maximum Gasteiger partial charge on any atom is 0.0765 e. The number of halogens is 1. The fourth-order valence-corrected chi connectivity index (χ4v) is 2.21. The first kappa shape index (κ1) is 15.3. The van der Waals surface area contributed by atoms with Crippen molar-refractivity contribution in [2.24, 2.45) is 5.73 Å². The standard InChI is InChI=1S/C14H23ClN2O/c1-5-17(9-14(3,4)18)13-7-6-11(10(2)16)8-12(13)15/h6-8,10,18H,5,9,16H2,1-4H3/t10-/m1/s1. The van der Waals surface area contributed by atoms with Gasteiger partial charge in [0, 0.05) is 19.1 Å². The summed E-state index contributed by atoms with van der Waals surface area (Å²) in [6.07, 6.45) is 0. The first-order chi connectivity index (χ1) is 8.24. The number of rotatable bonds is 5. The lowest BCUT2D eigenvalue weighted by molar-refractivity contribution is 0.0876. The molecule has 0 heterocycles. The molecule has 1 aromatic rings. The zero-order chi connectivity index (χ0) is 13.9. The second kappa shape index (κ2) is 5.91. The van der Waals surface area contributed by atoms with E-state index in [0.717, 1.165) is 17.8 Å². The van der Waals surface area contributed by atoms with Crippen LogP contribution in [-0.4, -0.2) is 23.8 Å². The third-order valence-corrected chi connectivity index (χ3v) is 3.10. The Morgan fingerprint density at radius 3 is 2.44 bits per heavy atom. The zero-order valence-electron chi connectivity index (χ0n) is 11.6. The van der Waals surface area contributed by atoms with E-state index < -0.39 is 5.60 Å². The molecule has 0 bridgehead atoms. The van der Waals surface area contributed by atoms with E-state index in [1.54, 1.807) is 13.8 Å². The lowest BCUT2D eigenvalue weighted by Gasteiger charge is -2.30. The second-order valence-electron chi connectivity index (χ2n) is 5.33. The highest BCUT2D eigenvalue weighted by molar-refractivity contribution is 6.33. The molecule has 0 spiro atoms. The first-order valence-electron chi connectivity index (χ1n) is 6.27. The first-order valence-corrected chi connectivity index (χ1v) is 6.64. The number of hydrogen-bond acceptors (Lipinski definition) is 3. The monoisotopic (exact) mass is 270 g/mol. The minimum Gasteiger partial charge on any atom is -0.389 e. The summed E-state index contributed by atoms with van der Waals surface area (Å²) < 4.78 is 0. The number of benzene rings is 1. The molecule has 1 aromatic carbocycles. The fraction of sp³-hybridized carbons (Fsp3) is 0.571. The van der Waals surface area contributed by atoms with Crippen LogP contribution in [-0.2, 0) is 0 Å². The van der Waals surface area contributed by atoms with Crippen LogP contribution in [0.2, 0.25) is 5.02 Å². The zero-order valence-corrected chi connectivity index (χ0v) is 12.3. The van der Waals surface area contributed by atoms with E-state index in [0.29, 0.717) is 11.6 Å². The number of nitrogens with zero attached hydrogens (tertiary/aromatic N) is 1. The van der Waals surface area contributed by atoms with Gasteiger partial charge in [-0.3, -0.25) is 0 Å². The van der Waals surface area contributed by atoms with Gasteiger partial charge in [-0.1, -0.05) is 17.7 Å². The van der Waals surface area contributed by atoms with Crippen molar-refractivity contribution in [2.75, 3.05) is 18.0 Å². The molecule has 4 heteroatoms. The van der Waals surface area contributed by atoms with Crippen molar-refractivity contribution in [3.63, 3.8) is 0 Å². The molecule has 0 radical (unpaired) electrons. The summed E-state index contributed by atoms with van der Waals surface area (Å²) in [5.74, 6) is 0. The van der Waals surface area contributed by atoms with Crippen molar-refractivity contribution in [3.8, 4) is 0 Å². The number of likely N-dealkylation sites (N-methyl/N-ethyl adjacent to an activating group) is 1. The summed E-state index contributed by atoms with van der Waals surface area (Å²) in [6.45, 7) is 8.89. The Morgan fingerprint density at radius 2 is 2.06 bits per heavy atom. The Labute approximate surface area is 115 Å². The minimum absolute atomic E-state index is 0.0269. The molecule has 3 nitrogen and oxygen atoms in total. The molecule has 18 heavy (non-hydrogen) atoms. The van der Waals surface area contributed by atoms with Crippen molar-refractivity contribution < 1.29 is 5.11 Å². The van der Waals surface area contributed by atoms with E-state index in [2.05, 4.69) is 4.90 Å². The molecule has 0 amide bonds. The van der Waals surface area contributed by atoms with Crippen LogP contribution < -0.4 is 10.6 Å². The van der Waals surface area contributed by atoms with Crippen molar-refractivity contribution in [2.45, 2.75) is 39.3 Å². The van der Waals surface area contributed by atoms with Crippen LogP contribution >= 0.6 is 11.6 Å². The van der Waals surface area contributed by atoms with E-state index >= 15 is 0 Å². The van der Waals surface area contributed by atoms with Gasteiger partial charge >= 0.3 is 0 Å². The largest absolute Gasteiger partial charge is 0.389 e. The van der Waals surface area contributed by atoms with Gasteiger partial charge in [0.2, 0.25) is 0 Å². The summed E-state index contributed by atoms with van der Waals surface area (Å²) >= 11 is 6.30. The van der Waals surface area contributed by atoms with Crippen molar-refractivity contribution >= 4 is 17.3 Å². The molecule has 0 aliphatic heterocycles. The molecular formula is C14H23ClN2O. The maximum atomic E-state index is 9.91.